The van der Waals surface area contributed by atoms with Crippen molar-refractivity contribution in [2.24, 2.45) is 0 Å². The fraction of sp³-hybridized carbons (Fsp3) is 0.792. The van der Waals surface area contributed by atoms with Gasteiger partial charge >= 0.3 is 5.97 Å². The Morgan fingerprint density at radius 1 is 1.03 bits per heavy atom. The van der Waals surface area contributed by atoms with Crippen molar-refractivity contribution < 1.29 is 18.8 Å². The molecule has 0 N–H and O–H groups in total. The Kier molecular flexibility index (Phi) is 12.1. The summed E-state index contributed by atoms with van der Waals surface area (Å²) in [4.78, 5) is 12.2. The van der Waals surface area contributed by atoms with Gasteiger partial charge in [0.25, 0.3) is 5.88 Å². The Bertz CT molecular complexity index is 677. The van der Waals surface area contributed by atoms with Crippen molar-refractivity contribution in [2.75, 3.05) is 33.5 Å². The summed E-state index contributed by atoms with van der Waals surface area (Å²) in [6.07, 6.45) is 15.5. The second-order valence-corrected chi connectivity index (χ2v) is 9.54. The van der Waals surface area contributed by atoms with Gasteiger partial charge in [-0.2, -0.15) is 4.37 Å². The largest absolute Gasteiger partial charge is 0.475 e. The van der Waals surface area contributed by atoms with E-state index in [4.69, 9.17) is 9.47 Å². The number of likely N-dealkylation sites (N-methyl/N-ethyl adjacent to an activating group) is 1. The third-order valence-electron chi connectivity index (χ3n) is 5.88. The zero-order valence-electron chi connectivity index (χ0n) is 19.9. The van der Waals surface area contributed by atoms with E-state index in [0.717, 1.165) is 50.0 Å². The second-order valence-electron chi connectivity index (χ2n) is 9.01. The van der Waals surface area contributed by atoms with Crippen LogP contribution < -0.4 is 4.74 Å². The minimum absolute atomic E-state index is 0.0719. The molecule has 0 saturated carbocycles. The summed E-state index contributed by atoms with van der Waals surface area (Å²) < 4.78 is 21.1. The molecule has 0 bridgehead atoms. The molecule has 1 aliphatic rings. The number of rotatable bonds is 16. The number of aromatic nitrogens is 2. The van der Waals surface area contributed by atoms with Crippen molar-refractivity contribution in [2.45, 2.75) is 90.9 Å². The molecule has 0 aromatic carbocycles. The molecule has 176 valence electrons. The minimum atomic E-state index is -0.0719. The van der Waals surface area contributed by atoms with Crippen molar-refractivity contribution in [1.82, 2.24) is 8.75 Å². The predicted octanol–water partition coefficient (Wildman–Crippen LogP) is 5.98. The van der Waals surface area contributed by atoms with Gasteiger partial charge in [0.15, 0.2) is 0 Å². The van der Waals surface area contributed by atoms with Gasteiger partial charge in [0.1, 0.15) is 12.2 Å². The smallest absolute Gasteiger partial charge is 0.310 e. The highest BCUT2D eigenvalue weighted by atomic mass is 32.1. The normalized spacial score (nSPS) is 18.6. The molecule has 7 heteroatoms. The number of carbonyl (C=O) groups is 1. The van der Waals surface area contributed by atoms with Crippen LogP contribution in [0.2, 0.25) is 0 Å². The molecule has 1 unspecified atom stereocenters. The van der Waals surface area contributed by atoms with Crippen LogP contribution in [0.1, 0.15) is 96.6 Å². The van der Waals surface area contributed by atoms with E-state index in [-0.39, 0.29) is 5.97 Å². The minimum Gasteiger partial charge on any atom is -0.475 e. The summed E-state index contributed by atoms with van der Waals surface area (Å²) in [6, 6.07) is 0. The molecule has 0 aliphatic carbocycles. The van der Waals surface area contributed by atoms with Crippen LogP contribution in [0.3, 0.4) is 0 Å². The van der Waals surface area contributed by atoms with Crippen molar-refractivity contribution in [3.05, 3.63) is 11.8 Å². The topological polar surface area (TPSA) is 61.3 Å². The number of esters is 1. The lowest BCUT2D eigenvalue weighted by atomic mass is 10.1. The van der Waals surface area contributed by atoms with E-state index in [9.17, 15) is 4.79 Å². The van der Waals surface area contributed by atoms with Gasteiger partial charge in [0.05, 0.1) is 31.9 Å². The van der Waals surface area contributed by atoms with E-state index < -0.39 is 0 Å². The lowest BCUT2D eigenvalue weighted by Crippen LogP contribution is -2.49. The van der Waals surface area contributed by atoms with Gasteiger partial charge in [-0.05, 0) is 12.8 Å². The number of quaternary nitrogens is 1. The second kappa shape index (κ2) is 14.6. The predicted molar refractivity (Wildman–Crippen MR) is 127 cm³/mol. The first-order valence-corrected chi connectivity index (χ1v) is 12.9. The first-order valence-electron chi connectivity index (χ1n) is 12.2. The maximum Gasteiger partial charge on any atom is 0.310 e. The molecule has 1 aromatic heterocycles. The monoisotopic (exact) mass is 452 g/mol. The van der Waals surface area contributed by atoms with E-state index in [1.807, 2.05) is 0 Å². The van der Waals surface area contributed by atoms with E-state index in [2.05, 4.69) is 35.7 Å². The molecule has 0 fully saturated rings. The Hall–Kier alpha value is -1.47. The van der Waals surface area contributed by atoms with Crippen LogP contribution in [0.4, 0.5) is 0 Å². The third kappa shape index (κ3) is 9.69. The summed E-state index contributed by atoms with van der Waals surface area (Å²) in [5, 5.41) is 0. The van der Waals surface area contributed by atoms with Crippen LogP contribution in [0.25, 0.3) is 5.57 Å². The quantitative estimate of drug-likeness (QED) is 0.175. The highest BCUT2D eigenvalue weighted by molar-refractivity contribution is 6.99. The molecular formula is C24H42N3O3S+. The van der Waals surface area contributed by atoms with Crippen LogP contribution in [-0.4, -0.2) is 52.7 Å². The molecule has 2 rings (SSSR count). The average molecular weight is 453 g/mol. The van der Waals surface area contributed by atoms with E-state index in [1.165, 1.54) is 56.7 Å². The fourth-order valence-corrected chi connectivity index (χ4v) is 4.44. The molecule has 0 spiro atoms. The third-order valence-corrected chi connectivity index (χ3v) is 6.39. The maximum absolute atomic E-state index is 12.2. The fourth-order valence-electron chi connectivity index (χ4n) is 3.91. The molecule has 1 aromatic rings. The van der Waals surface area contributed by atoms with Crippen LogP contribution in [-0.2, 0) is 9.53 Å². The molecule has 31 heavy (non-hydrogen) atoms. The highest BCUT2D eigenvalue weighted by Crippen LogP contribution is 2.30. The summed E-state index contributed by atoms with van der Waals surface area (Å²) in [7, 11) is 2.15. The Labute approximate surface area is 192 Å². The Balaban J connectivity index is 1.76. The number of nitrogens with zero attached hydrogens (tertiary/aromatic N) is 3. The number of hydrogen-bond donors (Lipinski definition) is 0. The first-order chi connectivity index (χ1) is 15.1. The molecule has 2 heterocycles. The molecule has 0 radical (unpaired) electrons. The van der Waals surface area contributed by atoms with E-state index in [1.54, 1.807) is 0 Å². The molecule has 0 saturated heterocycles. The number of carbonyl (C=O) groups excluding carboxylic acids is 1. The Morgan fingerprint density at radius 2 is 1.74 bits per heavy atom. The number of hydrogen-bond acceptors (Lipinski definition) is 6. The van der Waals surface area contributed by atoms with Crippen molar-refractivity contribution in [3.63, 3.8) is 0 Å². The van der Waals surface area contributed by atoms with E-state index >= 15 is 0 Å². The number of ether oxygens (including phenoxy) is 2. The lowest BCUT2D eigenvalue weighted by Gasteiger charge is -2.36. The average Bonchev–Trinajstić information content (AvgIpc) is 3.23. The van der Waals surface area contributed by atoms with E-state index in [0.29, 0.717) is 30.1 Å². The zero-order valence-corrected chi connectivity index (χ0v) is 20.7. The molecular weight excluding hydrogens is 410 g/mol. The summed E-state index contributed by atoms with van der Waals surface area (Å²) in [5.74, 6) is 0.582. The first kappa shape index (κ1) is 25.8. The van der Waals surface area contributed by atoms with Gasteiger partial charge in [0, 0.05) is 18.4 Å². The van der Waals surface area contributed by atoms with Gasteiger partial charge in [-0.3, -0.25) is 9.28 Å². The zero-order chi connectivity index (χ0) is 22.4. The number of unbranched alkanes of at least 4 members (excludes halogenated alkanes) is 8. The van der Waals surface area contributed by atoms with Crippen LogP contribution >= 0.6 is 11.7 Å². The van der Waals surface area contributed by atoms with Crippen LogP contribution in [0, 0.1) is 0 Å². The summed E-state index contributed by atoms with van der Waals surface area (Å²) in [5.41, 5.74) is 2.01. The van der Waals surface area contributed by atoms with Crippen LogP contribution in [0.15, 0.2) is 6.08 Å². The highest BCUT2D eigenvalue weighted by Gasteiger charge is 2.31. The van der Waals surface area contributed by atoms with Gasteiger partial charge in [-0.15, -0.1) is 4.37 Å². The van der Waals surface area contributed by atoms with Crippen molar-refractivity contribution >= 4 is 23.3 Å². The summed E-state index contributed by atoms with van der Waals surface area (Å²) in [6.45, 7) is 7.26. The summed E-state index contributed by atoms with van der Waals surface area (Å²) >= 11 is 1.20. The molecule has 1 atom stereocenters. The van der Waals surface area contributed by atoms with Crippen molar-refractivity contribution in [3.8, 4) is 5.88 Å². The molecule has 0 amide bonds. The standard InChI is InChI=1S/C24H42N3O3S/c1-4-6-8-10-11-12-16-22(28)30-20-27(3)17-14-15-21(19-27)23-24(26-31-25-23)29-18-13-9-7-5-2/h15H,4-14,16-20H2,1-3H3/q+1. The van der Waals surface area contributed by atoms with Gasteiger partial charge in [-0.1, -0.05) is 71.3 Å². The van der Waals surface area contributed by atoms with Gasteiger partial charge in [0.2, 0.25) is 6.73 Å². The van der Waals surface area contributed by atoms with Crippen molar-refractivity contribution in [1.29, 1.82) is 0 Å². The Morgan fingerprint density at radius 3 is 2.52 bits per heavy atom. The molecule has 6 nitrogen and oxygen atoms in total. The van der Waals surface area contributed by atoms with Gasteiger partial charge in [-0.25, -0.2) is 0 Å². The van der Waals surface area contributed by atoms with Crippen LogP contribution in [0.5, 0.6) is 5.88 Å². The van der Waals surface area contributed by atoms with Gasteiger partial charge < -0.3 is 9.47 Å². The lowest BCUT2D eigenvalue weighted by molar-refractivity contribution is -0.919. The SMILES string of the molecule is CCCCCCCCC(=O)OC[N+]1(C)CCC=C(c2nsnc2OCCCCCC)C1. The molecule has 1 aliphatic heterocycles. The maximum atomic E-state index is 12.2.